The molecule has 0 radical (unpaired) electrons. The summed E-state index contributed by atoms with van der Waals surface area (Å²) in [4.78, 5) is 11.5. The standard InChI is InChI=1S/C13H24O/c1-3-6-11(7-4-2)10-12-8-5-9-13(12)14/h11-12H,3-10H2,1-2H3. The van der Waals surface area contributed by atoms with Crippen LogP contribution in [0.3, 0.4) is 0 Å². The van der Waals surface area contributed by atoms with Gasteiger partial charge in [-0.3, -0.25) is 4.79 Å². The molecule has 0 N–H and O–H groups in total. The van der Waals surface area contributed by atoms with E-state index in [-0.39, 0.29) is 0 Å². The van der Waals surface area contributed by atoms with Gasteiger partial charge < -0.3 is 0 Å². The van der Waals surface area contributed by atoms with Gasteiger partial charge in [-0.05, 0) is 25.2 Å². The van der Waals surface area contributed by atoms with Gasteiger partial charge in [-0.15, -0.1) is 0 Å². The van der Waals surface area contributed by atoms with E-state index in [0.717, 1.165) is 18.8 Å². The average molecular weight is 196 g/mol. The Morgan fingerprint density at radius 2 is 1.93 bits per heavy atom. The lowest BCUT2D eigenvalue weighted by atomic mass is 9.87. The monoisotopic (exact) mass is 196 g/mol. The molecule has 1 nitrogen and oxygen atoms in total. The van der Waals surface area contributed by atoms with Crippen molar-refractivity contribution in [2.45, 2.75) is 65.2 Å². The Hall–Kier alpha value is -0.330. The summed E-state index contributed by atoms with van der Waals surface area (Å²) in [6, 6.07) is 0. The van der Waals surface area contributed by atoms with E-state index in [1.807, 2.05) is 0 Å². The van der Waals surface area contributed by atoms with Crippen molar-refractivity contribution in [1.29, 1.82) is 0 Å². The first-order valence-electron chi connectivity index (χ1n) is 6.30. The van der Waals surface area contributed by atoms with E-state index in [1.165, 1.54) is 38.5 Å². The Morgan fingerprint density at radius 3 is 2.36 bits per heavy atom. The number of rotatable bonds is 6. The van der Waals surface area contributed by atoms with Gasteiger partial charge in [0.05, 0.1) is 0 Å². The van der Waals surface area contributed by atoms with E-state index >= 15 is 0 Å². The van der Waals surface area contributed by atoms with Crippen molar-refractivity contribution in [1.82, 2.24) is 0 Å². The Bertz CT molecular complexity index is 168. The number of hydrogen-bond donors (Lipinski definition) is 0. The fourth-order valence-corrected chi connectivity index (χ4v) is 2.74. The number of carbonyl (C=O) groups excluding carboxylic acids is 1. The zero-order valence-corrected chi connectivity index (χ0v) is 9.72. The van der Waals surface area contributed by atoms with Crippen molar-refractivity contribution in [3.05, 3.63) is 0 Å². The molecule has 0 bridgehead atoms. The highest BCUT2D eigenvalue weighted by Gasteiger charge is 2.26. The van der Waals surface area contributed by atoms with Crippen molar-refractivity contribution in [2.75, 3.05) is 0 Å². The second kappa shape index (κ2) is 6.21. The van der Waals surface area contributed by atoms with Gasteiger partial charge in [0.25, 0.3) is 0 Å². The van der Waals surface area contributed by atoms with Crippen molar-refractivity contribution in [3.8, 4) is 0 Å². The van der Waals surface area contributed by atoms with Gasteiger partial charge in [-0.25, -0.2) is 0 Å². The van der Waals surface area contributed by atoms with Gasteiger partial charge in [0.15, 0.2) is 0 Å². The third-order valence-electron chi connectivity index (χ3n) is 3.44. The molecule has 1 unspecified atom stereocenters. The van der Waals surface area contributed by atoms with Crippen LogP contribution in [-0.4, -0.2) is 5.78 Å². The first kappa shape index (κ1) is 11.7. The third-order valence-corrected chi connectivity index (χ3v) is 3.44. The maximum Gasteiger partial charge on any atom is 0.135 e. The smallest absolute Gasteiger partial charge is 0.135 e. The molecule has 0 saturated heterocycles. The Kier molecular flexibility index (Phi) is 5.21. The third kappa shape index (κ3) is 3.43. The van der Waals surface area contributed by atoms with Crippen LogP contribution in [0.1, 0.15) is 65.2 Å². The zero-order chi connectivity index (χ0) is 10.4. The minimum Gasteiger partial charge on any atom is -0.299 e. The lowest BCUT2D eigenvalue weighted by Crippen LogP contribution is -2.12. The van der Waals surface area contributed by atoms with Crippen LogP contribution < -0.4 is 0 Å². The summed E-state index contributed by atoms with van der Waals surface area (Å²) >= 11 is 0. The van der Waals surface area contributed by atoms with E-state index < -0.39 is 0 Å². The number of Topliss-reactive ketones (excluding diaryl/α,β-unsaturated/α-hetero) is 1. The summed E-state index contributed by atoms with van der Waals surface area (Å²) in [5, 5.41) is 0. The quantitative estimate of drug-likeness (QED) is 0.628. The second-order valence-electron chi connectivity index (χ2n) is 4.73. The fraction of sp³-hybridized carbons (Fsp3) is 0.923. The molecule has 1 heteroatoms. The molecule has 1 aliphatic carbocycles. The van der Waals surface area contributed by atoms with E-state index in [9.17, 15) is 4.79 Å². The number of ketones is 1. The molecule has 1 saturated carbocycles. The highest BCUT2D eigenvalue weighted by atomic mass is 16.1. The van der Waals surface area contributed by atoms with Gasteiger partial charge in [-0.2, -0.15) is 0 Å². The number of hydrogen-bond acceptors (Lipinski definition) is 1. The lowest BCUT2D eigenvalue weighted by Gasteiger charge is -2.18. The molecule has 1 fully saturated rings. The predicted octanol–water partition coefficient (Wildman–Crippen LogP) is 3.96. The maximum atomic E-state index is 11.5. The molecule has 0 spiro atoms. The molecule has 1 atom stereocenters. The minimum atomic E-state index is 0.429. The van der Waals surface area contributed by atoms with Crippen LogP contribution in [0.15, 0.2) is 0 Å². The predicted molar refractivity (Wildman–Crippen MR) is 60.3 cm³/mol. The van der Waals surface area contributed by atoms with Crippen LogP contribution in [0.2, 0.25) is 0 Å². The number of carbonyl (C=O) groups is 1. The highest BCUT2D eigenvalue weighted by molar-refractivity contribution is 5.82. The Morgan fingerprint density at radius 1 is 1.29 bits per heavy atom. The summed E-state index contributed by atoms with van der Waals surface area (Å²) in [6.45, 7) is 4.50. The molecule has 82 valence electrons. The highest BCUT2D eigenvalue weighted by Crippen LogP contribution is 2.30. The fourth-order valence-electron chi connectivity index (χ4n) is 2.74. The van der Waals surface area contributed by atoms with Crippen molar-refractivity contribution in [2.24, 2.45) is 11.8 Å². The largest absolute Gasteiger partial charge is 0.299 e. The molecule has 0 amide bonds. The van der Waals surface area contributed by atoms with Crippen LogP contribution in [0.25, 0.3) is 0 Å². The molecule has 0 aromatic heterocycles. The summed E-state index contributed by atoms with van der Waals surface area (Å²) in [5.41, 5.74) is 0. The molecule has 0 aliphatic heterocycles. The first-order valence-corrected chi connectivity index (χ1v) is 6.30. The molecular weight excluding hydrogens is 172 g/mol. The van der Waals surface area contributed by atoms with E-state index in [4.69, 9.17) is 0 Å². The molecule has 0 heterocycles. The van der Waals surface area contributed by atoms with Crippen LogP contribution in [0, 0.1) is 11.8 Å². The zero-order valence-electron chi connectivity index (χ0n) is 9.72. The molecule has 1 aliphatic rings. The summed E-state index contributed by atoms with van der Waals surface area (Å²) in [6.07, 6.45) is 9.53. The van der Waals surface area contributed by atoms with Gasteiger partial charge in [0, 0.05) is 12.3 Å². The van der Waals surface area contributed by atoms with Gasteiger partial charge >= 0.3 is 0 Å². The molecule has 0 aromatic rings. The minimum absolute atomic E-state index is 0.429. The van der Waals surface area contributed by atoms with Crippen molar-refractivity contribution in [3.63, 3.8) is 0 Å². The van der Waals surface area contributed by atoms with E-state index in [0.29, 0.717) is 11.7 Å². The maximum absolute atomic E-state index is 11.5. The van der Waals surface area contributed by atoms with Crippen LogP contribution in [0.5, 0.6) is 0 Å². The molecular formula is C13H24O. The molecule has 1 rings (SSSR count). The Balaban J connectivity index is 2.33. The molecule has 0 aromatic carbocycles. The van der Waals surface area contributed by atoms with Crippen LogP contribution >= 0.6 is 0 Å². The Labute approximate surface area is 88.3 Å². The van der Waals surface area contributed by atoms with Crippen LogP contribution in [-0.2, 0) is 4.79 Å². The first-order chi connectivity index (χ1) is 6.77. The summed E-state index contributed by atoms with van der Waals surface area (Å²) < 4.78 is 0. The van der Waals surface area contributed by atoms with Crippen molar-refractivity contribution < 1.29 is 4.79 Å². The SMILES string of the molecule is CCCC(CCC)CC1CCCC1=O. The van der Waals surface area contributed by atoms with Crippen LogP contribution in [0.4, 0.5) is 0 Å². The summed E-state index contributed by atoms with van der Waals surface area (Å²) in [5.74, 6) is 1.79. The normalized spacial score (nSPS) is 22.2. The van der Waals surface area contributed by atoms with Gasteiger partial charge in [0.2, 0.25) is 0 Å². The summed E-state index contributed by atoms with van der Waals surface area (Å²) in [7, 11) is 0. The average Bonchev–Trinajstić information content (AvgIpc) is 2.53. The second-order valence-corrected chi connectivity index (χ2v) is 4.73. The lowest BCUT2D eigenvalue weighted by molar-refractivity contribution is -0.121. The van der Waals surface area contributed by atoms with E-state index in [1.54, 1.807) is 0 Å². The van der Waals surface area contributed by atoms with Crippen molar-refractivity contribution >= 4 is 5.78 Å². The van der Waals surface area contributed by atoms with E-state index in [2.05, 4.69) is 13.8 Å². The van der Waals surface area contributed by atoms with Gasteiger partial charge in [0.1, 0.15) is 5.78 Å². The molecule has 14 heavy (non-hydrogen) atoms. The topological polar surface area (TPSA) is 17.1 Å². The van der Waals surface area contributed by atoms with Gasteiger partial charge in [-0.1, -0.05) is 39.5 Å².